The Morgan fingerprint density at radius 3 is 0.806 bits per heavy atom. The largest absolute Gasteiger partial charge is 3.00 e. The van der Waals surface area contributed by atoms with Gasteiger partial charge in [0.25, 0.3) is 0 Å². The Labute approximate surface area is 191 Å². The third-order valence-corrected chi connectivity index (χ3v) is 4.09. The minimum Gasteiger partial charge on any atom is -0.545 e. The van der Waals surface area contributed by atoms with Crippen molar-refractivity contribution >= 4 is 17.9 Å². The maximum Gasteiger partial charge on any atom is 3.00 e. The molecule has 1 radical (unpaired) electrons. The van der Waals surface area contributed by atoms with Gasteiger partial charge in [-0.15, -0.1) is 0 Å². The minimum atomic E-state index is -1.11. The smallest absolute Gasteiger partial charge is 0.545 e. The maximum absolute atomic E-state index is 10.3. The molecular formula is C24H21CrO6. The first kappa shape index (κ1) is 27.6. The van der Waals surface area contributed by atoms with Crippen molar-refractivity contribution in [2.45, 2.75) is 20.8 Å². The van der Waals surface area contributed by atoms with Crippen LogP contribution in [-0.2, 0) is 17.4 Å². The molecule has 0 aliphatic rings. The van der Waals surface area contributed by atoms with E-state index in [0.29, 0.717) is 0 Å². The second-order valence-electron chi connectivity index (χ2n) is 6.31. The van der Waals surface area contributed by atoms with E-state index in [-0.39, 0.29) is 34.1 Å². The number of rotatable bonds is 3. The third-order valence-electron chi connectivity index (χ3n) is 4.09. The molecule has 31 heavy (non-hydrogen) atoms. The zero-order valence-electron chi connectivity index (χ0n) is 17.3. The first-order chi connectivity index (χ1) is 14.1. The Morgan fingerprint density at radius 1 is 0.484 bits per heavy atom. The van der Waals surface area contributed by atoms with E-state index in [1.165, 1.54) is 18.2 Å². The summed E-state index contributed by atoms with van der Waals surface area (Å²) in [5.74, 6) is -3.34. The fraction of sp³-hybridized carbons (Fsp3) is 0.125. The molecular weight excluding hydrogens is 436 g/mol. The van der Waals surface area contributed by atoms with Gasteiger partial charge < -0.3 is 29.7 Å². The molecule has 0 aliphatic carbocycles. The first-order valence-corrected chi connectivity index (χ1v) is 8.96. The number of benzene rings is 3. The van der Waals surface area contributed by atoms with Crippen molar-refractivity contribution in [2.75, 3.05) is 0 Å². The Kier molecular flexibility index (Phi) is 12.2. The van der Waals surface area contributed by atoms with Gasteiger partial charge in [0.05, 0.1) is 17.9 Å². The second kappa shape index (κ2) is 13.8. The molecule has 6 nitrogen and oxygen atoms in total. The molecule has 0 saturated heterocycles. The van der Waals surface area contributed by atoms with Gasteiger partial charge in [-0.25, -0.2) is 0 Å². The molecule has 0 amide bonds. The summed E-state index contributed by atoms with van der Waals surface area (Å²) in [5, 5.41) is 30.9. The molecule has 159 valence electrons. The first-order valence-electron chi connectivity index (χ1n) is 8.96. The summed E-state index contributed by atoms with van der Waals surface area (Å²) in [5.41, 5.74) is 3.01. The van der Waals surface area contributed by atoms with Gasteiger partial charge in [-0.1, -0.05) is 72.8 Å². The number of aryl methyl sites for hydroxylation is 3. The molecule has 3 rings (SSSR count). The predicted molar refractivity (Wildman–Crippen MR) is 107 cm³/mol. The molecule has 0 spiro atoms. The summed E-state index contributed by atoms with van der Waals surface area (Å²) in [4.78, 5) is 30.9. The summed E-state index contributed by atoms with van der Waals surface area (Å²) in [6, 6.07) is 20.2. The number of aromatic carboxylic acids is 3. The van der Waals surface area contributed by atoms with Crippen LogP contribution < -0.4 is 15.3 Å². The van der Waals surface area contributed by atoms with Crippen LogP contribution in [0.15, 0.2) is 72.8 Å². The zero-order valence-corrected chi connectivity index (χ0v) is 18.6. The number of carboxylic acid groups (broad SMARTS) is 3. The number of carboxylic acids is 3. The predicted octanol–water partition coefficient (Wildman–Crippen LogP) is 1.07. The van der Waals surface area contributed by atoms with E-state index in [1.807, 2.05) is 0 Å². The molecule has 0 saturated carbocycles. The third kappa shape index (κ3) is 9.30. The molecule has 0 aromatic heterocycles. The summed E-state index contributed by atoms with van der Waals surface area (Å²) in [6.07, 6.45) is 0. The average molecular weight is 457 g/mol. The van der Waals surface area contributed by atoms with Crippen molar-refractivity contribution < 1.29 is 47.1 Å². The average Bonchev–Trinajstić information content (AvgIpc) is 2.69. The Balaban J connectivity index is 0.000000429. The maximum atomic E-state index is 10.3. The van der Waals surface area contributed by atoms with Crippen LogP contribution >= 0.6 is 0 Å². The SMILES string of the molecule is Cc1ccccc1C(=O)[O-].Cc1ccccc1C(=O)[O-].Cc1ccccc1C(=O)[O-].[Cr+3]. The van der Waals surface area contributed by atoms with E-state index in [2.05, 4.69) is 0 Å². The Hall–Kier alpha value is -3.40. The van der Waals surface area contributed by atoms with Crippen molar-refractivity contribution in [3.8, 4) is 0 Å². The van der Waals surface area contributed by atoms with Gasteiger partial charge in [-0.3, -0.25) is 0 Å². The van der Waals surface area contributed by atoms with E-state index in [9.17, 15) is 29.7 Å². The normalized spacial score (nSPS) is 9.00. The molecule has 0 aliphatic heterocycles. The van der Waals surface area contributed by atoms with Gasteiger partial charge >= 0.3 is 17.4 Å². The van der Waals surface area contributed by atoms with Crippen LogP contribution in [-0.4, -0.2) is 17.9 Å². The zero-order chi connectivity index (χ0) is 22.7. The van der Waals surface area contributed by atoms with Gasteiger partial charge in [0, 0.05) is 16.7 Å². The molecule has 0 N–H and O–H groups in total. The summed E-state index contributed by atoms with van der Waals surface area (Å²) < 4.78 is 0. The van der Waals surface area contributed by atoms with Gasteiger partial charge in [0.2, 0.25) is 0 Å². The Morgan fingerprint density at radius 2 is 0.677 bits per heavy atom. The topological polar surface area (TPSA) is 120 Å². The van der Waals surface area contributed by atoms with Crippen LogP contribution in [0.25, 0.3) is 0 Å². The standard InChI is InChI=1S/3C8H8O2.Cr/c3*1-6-4-2-3-5-7(6)8(9)10;/h3*2-5H,1H3,(H,9,10);/q;;;+3/p-3. The quantitative estimate of drug-likeness (QED) is 0.580. The number of carbonyl (C=O) groups excluding carboxylic acids is 3. The van der Waals surface area contributed by atoms with Crippen molar-refractivity contribution in [2.24, 2.45) is 0 Å². The second-order valence-corrected chi connectivity index (χ2v) is 6.31. The summed E-state index contributed by atoms with van der Waals surface area (Å²) in [7, 11) is 0. The fourth-order valence-corrected chi connectivity index (χ4v) is 2.41. The van der Waals surface area contributed by atoms with Crippen LogP contribution in [0.4, 0.5) is 0 Å². The van der Waals surface area contributed by atoms with E-state index >= 15 is 0 Å². The number of hydrogen-bond acceptors (Lipinski definition) is 6. The van der Waals surface area contributed by atoms with Crippen molar-refractivity contribution in [3.05, 3.63) is 106 Å². The molecule has 0 fully saturated rings. The fourth-order valence-electron chi connectivity index (χ4n) is 2.41. The van der Waals surface area contributed by atoms with Crippen LogP contribution in [0.1, 0.15) is 47.8 Å². The van der Waals surface area contributed by atoms with E-state index in [1.54, 1.807) is 75.4 Å². The molecule has 0 atom stereocenters. The van der Waals surface area contributed by atoms with Crippen molar-refractivity contribution in [1.82, 2.24) is 0 Å². The van der Waals surface area contributed by atoms with E-state index in [4.69, 9.17) is 0 Å². The van der Waals surface area contributed by atoms with Crippen LogP contribution in [0.3, 0.4) is 0 Å². The van der Waals surface area contributed by atoms with Crippen LogP contribution in [0, 0.1) is 20.8 Å². The van der Waals surface area contributed by atoms with Crippen molar-refractivity contribution in [1.29, 1.82) is 0 Å². The van der Waals surface area contributed by atoms with Gasteiger partial charge in [0.15, 0.2) is 0 Å². The Bertz CT molecular complexity index is 898. The number of carbonyl (C=O) groups is 3. The summed E-state index contributed by atoms with van der Waals surface area (Å²) in [6.45, 7) is 5.22. The van der Waals surface area contributed by atoms with Crippen LogP contribution in [0.5, 0.6) is 0 Å². The molecule has 3 aromatic carbocycles. The van der Waals surface area contributed by atoms with Crippen LogP contribution in [0.2, 0.25) is 0 Å². The van der Waals surface area contributed by atoms with Gasteiger partial charge in [-0.2, -0.15) is 0 Å². The molecule has 0 unspecified atom stereocenters. The molecule has 3 aromatic rings. The minimum absolute atomic E-state index is 0. The molecule has 0 heterocycles. The molecule has 7 heteroatoms. The van der Waals surface area contributed by atoms with Crippen molar-refractivity contribution in [3.63, 3.8) is 0 Å². The monoisotopic (exact) mass is 457 g/mol. The van der Waals surface area contributed by atoms with Gasteiger partial charge in [-0.05, 0) is 37.5 Å². The van der Waals surface area contributed by atoms with Gasteiger partial charge in [0.1, 0.15) is 0 Å². The number of hydrogen-bond donors (Lipinski definition) is 0. The van der Waals surface area contributed by atoms with E-state index < -0.39 is 17.9 Å². The van der Waals surface area contributed by atoms with E-state index in [0.717, 1.165) is 16.7 Å². The molecule has 0 bridgehead atoms. The summed E-state index contributed by atoms with van der Waals surface area (Å²) >= 11 is 0.